The monoisotopic (exact) mass is 394 g/mol. The van der Waals surface area contributed by atoms with Gasteiger partial charge in [0, 0.05) is 31.7 Å². The van der Waals surface area contributed by atoms with Crippen molar-refractivity contribution < 1.29 is 18.7 Å². The Kier molecular flexibility index (Phi) is 5.45. The number of hydrogen-bond acceptors (Lipinski definition) is 5. The van der Waals surface area contributed by atoms with Crippen molar-refractivity contribution in [1.82, 2.24) is 4.90 Å². The minimum absolute atomic E-state index is 0.117. The van der Waals surface area contributed by atoms with Crippen LogP contribution in [0.15, 0.2) is 52.9 Å². The largest absolute Gasteiger partial charge is 0.485 e. The first-order valence-corrected chi connectivity index (χ1v) is 9.87. The summed E-state index contributed by atoms with van der Waals surface area (Å²) in [4.78, 5) is 17.1. The highest BCUT2D eigenvalue weighted by molar-refractivity contribution is 5.99. The third kappa shape index (κ3) is 3.68. The lowest BCUT2D eigenvalue weighted by Crippen LogP contribution is -2.46. The molecule has 0 N–H and O–H groups in total. The number of carbonyl (C=O) groups is 1. The maximum Gasteiger partial charge on any atom is 0.289 e. The number of nitrogens with zero attached hydrogens (tertiary/aromatic N) is 2. The van der Waals surface area contributed by atoms with Gasteiger partial charge in [0.2, 0.25) is 0 Å². The van der Waals surface area contributed by atoms with Gasteiger partial charge in [0.25, 0.3) is 5.91 Å². The van der Waals surface area contributed by atoms with E-state index < -0.39 is 0 Å². The minimum Gasteiger partial charge on any atom is -0.485 e. The van der Waals surface area contributed by atoms with Crippen LogP contribution in [0.1, 0.15) is 23.0 Å². The number of likely N-dealkylation sites (N-methyl/N-ethyl adjacent to an activating group) is 2. The topological polar surface area (TPSA) is 55.2 Å². The number of rotatable bonds is 6. The van der Waals surface area contributed by atoms with Crippen molar-refractivity contribution in [3.8, 4) is 5.75 Å². The Hall–Kier alpha value is -2.99. The first kappa shape index (κ1) is 19.3. The molecule has 6 nitrogen and oxygen atoms in total. The lowest BCUT2D eigenvalue weighted by molar-refractivity contribution is 0.0676. The summed E-state index contributed by atoms with van der Waals surface area (Å²) in [5, 5.41) is 0.908. The molecule has 152 valence electrons. The fraction of sp³-hybridized carbons (Fsp3) is 0.348. The summed E-state index contributed by atoms with van der Waals surface area (Å²) < 4.78 is 17.4. The number of benzene rings is 2. The van der Waals surface area contributed by atoms with Gasteiger partial charge in [0.15, 0.2) is 5.76 Å². The van der Waals surface area contributed by atoms with E-state index in [9.17, 15) is 4.79 Å². The molecule has 0 unspecified atom stereocenters. The van der Waals surface area contributed by atoms with Crippen molar-refractivity contribution in [2.24, 2.45) is 0 Å². The van der Waals surface area contributed by atoms with Gasteiger partial charge in [-0.05, 0) is 25.1 Å². The maximum absolute atomic E-state index is 13.2. The van der Waals surface area contributed by atoms with Crippen LogP contribution in [0.3, 0.4) is 0 Å². The van der Waals surface area contributed by atoms with Crippen molar-refractivity contribution >= 4 is 22.6 Å². The van der Waals surface area contributed by atoms with Crippen molar-refractivity contribution in [3.05, 3.63) is 59.9 Å². The number of fused-ring (bicyclic) bond motifs is 2. The highest BCUT2D eigenvalue weighted by Crippen LogP contribution is 2.33. The average molecular weight is 394 g/mol. The van der Waals surface area contributed by atoms with Gasteiger partial charge >= 0.3 is 0 Å². The molecular formula is C23H26N2O4. The van der Waals surface area contributed by atoms with E-state index in [4.69, 9.17) is 13.9 Å². The molecule has 0 saturated carbocycles. The molecule has 1 aromatic heterocycles. The lowest BCUT2D eigenvalue weighted by Gasteiger charge is -2.37. The van der Waals surface area contributed by atoms with Gasteiger partial charge in [-0.1, -0.05) is 30.3 Å². The first-order chi connectivity index (χ1) is 14.1. The molecule has 0 radical (unpaired) electrons. The first-order valence-electron chi connectivity index (χ1n) is 9.87. The van der Waals surface area contributed by atoms with Crippen LogP contribution < -0.4 is 9.64 Å². The Bertz CT molecular complexity index is 1010. The van der Waals surface area contributed by atoms with Crippen molar-refractivity contribution in [2.75, 3.05) is 38.7 Å². The fourth-order valence-corrected chi connectivity index (χ4v) is 3.89. The zero-order valence-corrected chi connectivity index (χ0v) is 17.1. The van der Waals surface area contributed by atoms with E-state index in [2.05, 4.69) is 17.9 Å². The molecule has 0 fully saturated rings. The summed E-state index contributed by atoms with van der Waals surface area (Å²) in [6.45, 7) is 4.53. The van der Waals surface area contributed by atoms with Crippen LogP contribution in [-0.4, -0.2) is 50.7 Å². The molecule has 1 atom stereocenters. The Balaban J connectivity index is 1.55. The van der Waals surface area contributed by atoms with Gasteiger partial charge in [-0.25, -0.2) is 0 Å². The molecule has 1 aliphatic rings. The van der Waals surface area contributed by atoms with Crippen LogP contribution in [-0.2, 0) is 11.3 Å². The lowest BCUT2D eigenvalue weighted by atomic mass is 10.1. The SMILES string of the molecule is CCN1C[C@H](CN(C)C(=O)c2oc3ccccc3c2COC)Oc2ccccc21. The van der Waals surface area contributed by atoms with Crippen molar-refractivity contribution in [2.45, 2.75) is 19.6 Å². The van der Waals surface area contributed by atoms with Gasteiger partial charge < -0.3 is 23.7 Å². The maximum atomic E-state index is 13.2. The molecule has 29 heavy (non-hydrogen) atoms. The van der Waals surface area contributed by atoms with E-state index in [0.717, 1.165) is 35.5 Å². The van der Waals surface area contributed by atoms with E-state index in [0.29, 0.717) is 24.5 Å². The molecule has 0 bridgehead atoms. The van der Waals surface area contributed by atoms with E-state index >= 15 is 0 Å². The zero-order chi connectivity index (χ0) is 20.4. The van der Waals surface area contributed by atoms with E-state index in [-0.39, 0.29) is 12.0 Å². The number of methoxy groups -OCH3 is 1. The van der Waals surface area contributed by atoms with Crippen LogP contribution in [0, 0.1) is 0 Å². The van der Waals surface area contributed by atoms with Crippen LogP contribution in [0.5, 0.6) is 5.75 Å². The van der Waals surface area contributed by atoms with Crippen LogP contribution >= 0.6 is 0 Å². The Morgan fingerprint density at radius 1 is 1.21 bits per heavy atom. The van der Waals surface area contributed by atoms with Crippen LogP contribution in [0.25, 0.3) is 11.0 Å². The molecule has 0 saturated heterocycles. The third-order valence-electron chi connectivity index (χ3n) is 5.31. The molecule has 2 heterocycles. The van der Waals surface area contributed by atoms with Gasteiger partial charge in [0.05, 0.1) is 25.4 Å². The van der Waals surface area contributed by atoms with Crippen LogP contribution in [0.4, 0.5) is 5.69 Å². The standard InChI is InChI=1S/C23H26N2O4/c1-4-25-14-16(28-21-12-8-6-10-19(21)25)13-24(2)23(26)22-18(15-27-3)17-9-5-7-11-20(17)29-22/h5-12,16H,4,13-15H2,1-3H3/t16-/m0/s1. The Morgan fingerprint density at radius 2 is 1.97 bits per heavy atom. The smallest absolute Gasteiger partial charge is 0.289 e. The molecule has 1 amide bonds. The average Bonchev–Trinajstić information content (AvgIpc) is 3.11. The second-order valence-electron chi connectivity index (χ2n) is 7.27. The zero-order valence-electron chi connectivity index (χ0n) is 17.1. The van der Waals surface area contributed by atoms with E-state index in [1.165, 1.54) is 0 Å². The molecule has 1 aliphatic heterocycles. The summed E-state index contributed by atoms with van der Waals surface area (Å²) in [6, 6.07) is 15.7. The minimum atomic E-state index is -0.168. The van der Waals surface area contributed by atoms with Gasteiger partial charge in [-0.15, -0.1) is 0 Å². The molecule has 0 spiro atoms. The highest BCUT2D eigenvalue weighted by Gasteiger charge is 2.29. The van der Waals surface area contributed by atoms with Crippen molar-refractivity contribution in [3.63, 3.8) is 0 Å². The Morgan fingerprint density at radius 3 is 2.76 bits per heavy atom. The van der Waals surface area contributed by atoms with Gasteiger partial charge in [-0.3, -0.25) is 4.79 Å². The summed E-state index contributed by atoms with van der Waals surface area (Å²) >= 11 is 0. The summed E-state index contributed by atoms with van der Waals surface area (Å²) in [5.41, 5.74) is 2.57. The normalized spacial score (nSPS) is 15.8. The molecule has 0 aliphatic carbocycles. The van der Waals surface area contributed by atoms with Gasteiger partial charge in [0.1, 0.15) is 17.4 Å². The number of carbonyl (C=O) groups excluding carboxylic acids is 1. The predicted molar refractivity (Wildman–Crippen MR) is 113 cm³/mol. The van der Waals surface area contributed by atoms with E-state index in [1.54, 1.807) is 19.1 Å². The Labute approximate surface area is 170 Å². The third-order valence-corrected chi connectivity index (χ3v) is 5.31. The number of hydrogen-bond donors (Lipinski definition) is 0. The van der Waals surface area contributed by atoms with E-state index in [1.807, 2.05) is 42.5 Å². The molecule has 3 aromatic rings. The van der Waals surface area contributed by atoms with Gasteiger partial charge in [-0.2, -0.15) is 0 Å². The second-order valence-corrected chi connectivity index (χ2v) is 7.27. The molecule has 4 rings (SSSR count). The van der Waals surface area contributed by atoms with Crippen LogP contribution in [0.2, 0.25) is 0 Å². The van der Waals surface area contributed by atoms with Crippen molar-refractivity contribution in [1.29, 1.82) is 0 Å². The molecule has 6 heteroatoms. The summed E-state index contributed by atoms with van der Waals surface area (Å²) in [7, 11) is 3.40. The number of para-hydroxylation sites is 3. The fourth-order valence-electron chi connectivity index (χ4n) is 3.89. The number of anilines is 1. The summed E-state index contributed by atoms with van der Waals surface area (Å²) in [5.74, 6) is 1.02. The number of furan rings is 1. The molecule has 2 aromatic carbocycles. The predicted octanol–water partition coefficient (Wildman–Crippen LogP) is 3.94. The number of amides is 1. The quantitative estimate of drug-likeness (QED) is 0.634. The summed E-state index contributed by atoms with van der Waals surface area (Å²) in [6.07, 6.45) is -0.117. The molecular weight excluding hydrogens is 368 g/mol. The highest BCUT2D eigenvalue weighted by atomic mass is 16.5. The number of ether oxygens (including phenoxy) is 2. The second kappa shape index (κ2) is 8.17.